The molecule has 7 heteroatoms. The lowest BCUT2D eigenvalue weighted by Crippen LogP contribution is -2.24. The lowest BCUT2D eigenvalue weighted by atomic mass is 10.0. The van der Waals surface area contributed by atoms with Gasteiger partial charge in [0, 0.05) is 24.8 Å². The van der Waals surface area contributed by atoms with Gasteiger partial charge in [-0.15, -0.1) is 0 Å². The number of anilines is 1. The molecule has 7 nitrogen and oxygen atoms in total. The van der Waals surface area contributed by atoms with Crippen LogP contribution in [0.3, 0.4) is 0 Å². The topological polar surface area (TPSA) is 77.1 Å². The van der Waals surface area contributed by atoms with Crippen molar-refractivity contribution < 1.29 is 23.8 Å². The third-order valence-electron chi connectivity index (χ3n) is 6.05. The van der Waals surface area contributed by atoms with Gasteiger partial charge in [-0.2, -0.15) is 0 Å². The number of likely N-dealkylation sites (N-methyl/N-ethyl adjacent to an activating group) is 1. The van der Waals surface area contributed by atoms with E-state index in [0.717, 1.165) is 17.5 Å². The summed E-state index contributed by atoms with van der Waals surface area (Å²) < 4.78 is 16.1. The molecule has 1 N–H and O–H groups in total. The number of hydrogen-bond donors (Lipinski definition) is 1. The molecule has 1 amide bonds. The molecule has 0 atom stereocenters. The Morgan fingerprint density at radius 3 is 2.20 bits per heavy atom. The van der Waals surface area contributed by atoms with Crippen molar-refractivity contribution in [3.05, 3.63) is 88.6 Å². The zero-order valence-corrected chi connectivity index (χ0v) is 20.3. The van der Waals surface area contributed by atoms with E-state index in [9.17, 15) is 9.59 Å². The van der Waals surface area contributed by atoms with Gasteiger partial charge in [0.1, 0.15) is 5.75 Å². The number of ketones is 1. The normalized spacial score (nSPS) is 12.7. The van der Waals surface area contributed by atoms with Crippen molar-refractivity contribution in [2.75, 3.05) is 40.2 Å². The lowest BCUT2D eigenvalue weighted by Gasteiger charge is -2.20. The Balaban J connectivity index is 1.57. The Labute approximate surface area is 204 Å². The maximum absolute atomic E-state index is 13.4. The molecule has 0 saturated heterocycles. The van der Waals surface area contributed by atoms with E-state index >= 15 is 0 Å². The van der Waals surface area contributed by atoms with Gasteiger partial charge in [0.05, 0.1) is 32.6 Å². The zero-order valence-electron chi connectivity index (χ0n) is 20.3. The van der Waals surface area contributed by atoms with Crippen LogP contribution in [0.2, 0.25) is 0 Å². The van der Waals surface area contributed by atoms with Crippen LogP contribution in [-0.4, -0.2) is 51.5 Å². The van der Waals surface area contributed by atoms with E-state index in [-0.39, 0.29) is 11.7 Å². The van der Waals surface area contributed by atoms with Crippen molar-refractivity contribution in [2.45, 2.75) is 6.42 Å². The number of hydrogen-bond acceptors (Lipinski definition) is 6. The summed E-state index contributed by atoms with van der Waals surface area (Å²) in [6.45, 7) is 0.688. The fourth-order valence-corrected chi connectivity index (χ4v) is 4.08. The molecule has 1 heterocycles. The first-order chi connectivity index (χ1) is 16.9. The number of ether oxygens (including phenoxy) is 3. The minimum atomic E-state index is -0.284. The van der Waals surface area contributed by atoms with Crippen LogP contribution in [0.5, 0.6) is 17.2 Å². The van der Waals surface area contributed by atoms with Gasteiger partial charge in [-0.3, -0.25) is 9.59 Å². The molecule has 35 heavy (non-hydrogen) atoms. The molecule has 0 spiro atoms. The Hall–Kier alpha value is -4.26. The van der Waals surface area contributed by atoms with E-state index in [1.54, 1.807) is 62.8 Å². The molecular weight excluding hydrogens is 444 g/mol. The Kier molecular flexibility index (Phi) is 7.06. The largest absolute Gasteiger partial charge is 0.496 e. The molecule has 1 aliphatic heterocycles. The summed E-state index contributed by atoms with van der Waals surface area (Å²) in [5.74, 6) is 1.40. The highest BCUT2D eigenvalue weighted by molar-refractivity contribution is 6.11. The number of carbonyl (C=O) groups excluding carboxylic acids is 2. The van der Waals surface area contributed by atoms with Gasteiger partial charge in [-0.05, 0) is 72.2 Å². The van der Waals surface area contributed by atoms with Crippen LogP contribution < -0.4 is 19.5 Å². The van der Waals surface area contributed by atoms with Crippen LogP contribution in [0.4, 0.5) is 5.69 Å². The molecule has 0 aromatic heterocycles. The number of benzene rings is 3. The van der Waals surface area contributed by atoms with Crippen molar-refractivity contribution in [2.24, 2.45) is 0 Å². The number of nitrogens with one attached hydrogen (secondary N) is 1. The number of carbonyl (C=O) groups is 2. The van der Waals surface area contributed by atoms with Crippen LogP contribution >= 0.6 is 0 Å². The number of para-hydroxylation sites is 1. The number of Topliss-reactive ketones (excluding diaryl/α,β-unsaturated/α-hetero) is 1. The second-order valence-corrected chi connectivity index (χ2v) is 8.17. The molecule has 0 aliphatic carbocycles. The minimum absolute atomic E-state index is 0.0993. The molecule has 180 valence electrons. The van der Waals surface area contributed by atoms with Crippen molar-refractivity contribution in [1.82, 2.24) is 4.90 Å². The van der Waals surface area contributed by atoms with Gasteiger partial charge in [-0.25, -0.2) is 0 Å². The highest BCUT2D eigenvalue weighted by Gasteiger charge is 2.22. The molecule has 0 radical (unpaired) electrons. The quantitative estimate of drug-likeness (QED) is 0.504. The van der Waals surface area contributed by atoms with E-state index in [4.69, 9.17) is 14.2 Å². The zero-order chi connectivity index (χ0) is 24.9. The molecule has 3 aromatic rings. The Morgan fingerprint density at radius 2 is 1.51 bits per heavy atom. The smallest absolute Gasteiger partial charge is 0.259 e. The Bertz CT molecular complexity index is 1280. The first-order valence-corrected chi connectivity index (χ1v) is 11.2. The molecule has 0 fully saturated rings. The monoisotopic (exact) mass is 472 g/mol. The third-order valence-corrected chi connectivity index (χ3v) is 6.05. The summed E-state index contributed by atoms with van der Waals surface area (Å²) in [5.41, 5.74) is 4.15. The predicted octanol–water partition coefficient (Wildman–Crippen LogP) is 4.68. The van der Waals surface area contributed by atoms with E-state index in [2.05, 4.69) is 5.32 Å². The van der Waals surface area contributed by atoms with Crippen molar-refractivity contribution in [3.8, 4) is 17.2 Å². The van der Waals surface area contributed by atoms with Crippen LogP contribution in [0.1, 0.15) is 31.8 Å². The number of fused-ring (bicyclic) bond motifs is 1. The number of amides is 1. The van der Waals surface area contributed by atoms with Gasteiger partial charge < -0.3 is 24.4 Å². The van der Waals surface area contributed by atoms with Crippen LogP contribution in [0.15, 0.2) is 66.4 Å². The van der Waals surface area contributed by atoms with Gasteiger partial charge in [0.25, 0.3) is 5.91 Å². The number of rotatable bonds is 7. The second-order valence-electron chi connectivity index (χ2n) is 8.17. The summed E-state index contributed by atoms with van der Waals surface area (Å²) >= 11 is 0. The molecule has 1 aliphatic rings. The lowest BCUT2D eigenvalue weighted by molar-refractivity contribution is 0.0998. The number of nitrogens with zero attached hydrogens (tertiary/aromatic N) is 1. The maximum atomic E-state index is 13.4. The number of methoxy groups -OCH3 is 3. The molecular formula is C28H28N2O5. The van der Waals surface area contributed by atoms with Crippen LogP contribution in [0.25, 0.3) is 6.08 Å². The minimum Gasteiger partial charge on any atom is -0.496 e. The fraction of sp³-hybridized carbons (Fsp3) is 0.214. The van der Waals surface area contributed by atoms with E-state index in [1.807, 2.05) is 30.2 Å². The van der Waals surface area contributed by atoms with Gasteiger partial charge in [-0.1, -0.05) is 12.1 Å². The van der Waals surface area contributed by atoms with Crippen LogP contribution in [-0.2, 0) is 6.42 Å². The Morgan fingerprint density at radius 1 is 0.857 bits per heavy atom. The average Bonchev–Trinajstić information content (AvgIpc) is 3.05. The van der Waals surface area contributed by atoms with E-state index in [1.165, 1.54) is 7.11 Å². The average molecular weight is 473 g/mol. The maximum Gasteiger partial charge on any atom is 0.259 e. The van der Waals surface area contributed by atoms with E-state index < -0.39 is 0 Å². The molecule has 3 aromatic carbocycles. The highest BCUT2D eigenvalue weighted by Crippen LogP contribution is 2.34. The molecule has 0 saturated carbocycles. The standard InChI is InChI=1S/C28H28N2O5/c1-30-14-13-19-16-25(34-3)26(35-4)17-20(19)15-23(30)27(31)18-9-11-21(12-10-18)29-28(32)22-7-5-6-8-24(22)33-2/h5-12,15-17H,13-14H2,1-4H3,(H,29,32). The predicted molar refractivity (Wildman–Crippen MR) is 136 cm³/mol. The third kappa shape index (κ3) is 4.99. The van der Waals surface area contributed by atoms with Crippen molar-refractivity contribution in [1.29, 1.82) is 0 Å². The molecule has 0 unspecified atom stereocenters. The number of allylic oxidation sites excluding steroid dienone is 1. The van der Waals surface area contributed by atoms with Gasteiger partial charge in [0.2, 0.25) is 5.78 Å². The van der Waals surface area contributed by atoms with Gasteiger partial charge in [0.15, 0.2) is 11.5 Å². The molecule has 4 rings (SSSR count). The first kappa shape index (κ1) is 23.9. The van der Waals surface area contributed by atoms with Crippen LogP contribution in [0, 0.1) is 0 Å². The fourth-order valence-electron chi connectivity index (χ4n) is 4.08. The van der Waals surface area contributed by atoms with Crippen molar-refractivity contribution >= 4 is 23.5 Å². The first-order valence-electron chi connectivity index (χ1n) is 11.2. The van der Waals surface area contributed by atoms with Gasteiger partial charge >= 0.3 is 0 Å². The summed E-state index contributed by atoms with van der Waals surface area (Å²) in [6, 6.07) is 17.8. The summed E-state index contributed by atoms with van der Waals surface area (Å²) in [6.07, 6.45) is 2.66. The van der Waals surface area contributed by atoms with Crippen molar-refractivity contribution in [3.63, 3.8) is 0 Å². The SMILES string of the molecule is COc1cc2c(cc1OC)CCN(C)C(C(=O)c1ccc(NC(=O)c3ccccc3OC)cc1)=C2. The highest BCUT2D eigenvalue weighted by atomic mass is 16.5. The second kappa shape index (κ2) is 10.3. The summed E-state index contributed by atoms with van der Waals surface area (Å²) in [4.78, 5) is 28.0. The summed E-state index contributed by atoms with van der Waals surface area (Å²) in [7, 11) is 6.64. The van der Waals surface area contributed by atoms with E-state index in [0.29, 0.717) is 46.3 Å². The molecule has 0 bridgehead atoms. The summed E-state index contributed by atoms with van der Waals surface area (Å²) in [5, 5.41) is 2.85.